The maximum Gasteiger partial charge on any atom is 0.225 e. The van der Waals surface area contributed by atoms with E-state index < -0.39 is 0 Å². The summed E-state index contributed by atoms with van der Waals surface area (Å²) in [7, 11) is 3.95. The Morgan fingerprint density at radius 1 is 1.30 bits per heavy atom. The summed E-state index contributed by atoms with van der Waals surface area (Å²) in [4.78, 5) is 32.6. The molecular weight excluding hydrogens is 342 g/mol. The maximum absolute atomic E-state index is 12.4. The average molecular weight is 369 g/mol. The lowest BCUT2D eigenvalue weighted by Crippen LogP contribution is -2.35. The fourth-order valence-electron chi connectivity index (χ4n) is 3.24. The number of likely N-dealkylation sites (N-methyl/N-ethyl adjacent to an activating group) is 1. The highest BCUT2D eigenvalue weighted by Gasteiger charge is 2.33. The topological polar surface area (TPSA) is 70.5 Å². The van der Waals surface area contributed by atoms with Gasteiger partial charge in [-0.05, 0) is 38.7 Å². The summed E-state index contributed by atoms with van der Waals surface area (Å²) in [5.41, 5.74) is 2.07. The molecule has 2 amide bonds. The van der Waals surface area contributed by atoms with Gasteiger partial charge < -0.3 is 19.7 Å². The molecule has 3 rings (SSSR count). The van der Waals surface area contributed by atoms with Crippen LogP contribution in [0.4, 0.5) is 0 Å². The molecule has 1 aromatic heterocycles. The van der Waals surface area contributed by atoms with Crippen LogP contribution >= 0.6 is 0 Å². The Bertz CT molecular complexity index is 797. The van der Waals surface area contributed by atoms with Gasteiger partial charge in [0.2, 0.25) is 11.8 Å². The Morgan fingerprint density at radius 3 is 2.67 bits per heavy atom. The van der Waals surface area contributed by atoms with E-state index in [2.05, 4.69) is 10.3 Å². The van der Waals surface area contributed by atoms with Crippen LogP contribution in [0, 0.1) is 12.8 Å². The minimum atomic E-state index is -0.257. The Balaban J connectivity index is 1.51. The lowest BCUT2D eigenvalue weighted by Gasteiger charge is -2.19. The van der Waals surface area contributed by atoms with Gasteiger partial charge in [-0.25, -0.2) is 4.98 Å². The predicted octanol–water partition coefficient (Wildman–Crippen LogP) is 1.21. The van der Waals surface area contributed by atoms with E-state index >= 15 is 0 Å². The molecule has 0 aliphatic carbocycles. The van der Waals surface area contributed by atoms with E-state index in [9.17, 15) is 9.59 Å². The molecule has 2 aromatic rings. The molecule has 0 radical (unpaired) electrons. The first kappa shape index (κ1) is 19.1. The Hall–Kier alpha value is -2.67. The van der Waals surface area contributed by atoms with E-state index in [-0.39, 0.29) is 17.7 Å². The molecule has 0 spiro atoms. The molecule has 27 heavy (non-hydrogen) atoms. The number of hydrogen-bond donors (Lipinski definition) is 1. The molecule has 7 nitrogen and oxygen atoms in total. The van der Waals surface area contributed by atoms with Crippen LogP contribution in [-0.4, -0.2) is 64.9 Å². The fourth-order valence-corrected chi connectivity index (χ4v) is 3.24. The normalized spacial score (nSPS) is 17.0. The van der Waals surface area contributed by atoms with Gasteiger partial charge in [0.05, 0.1) is 5.92 Å². The van der Waals surface area contributed by atoms with Gasteiger partial charge >= 0.3 is 0 Å². The molecule has 1 unspecified atom stereocenters. The molecule has 1 aromatic carbocycles. The van der Waals surface area contributed by atoms with Crippen molar-refractivity contribution in [1.82, 2.24) is 24.7 Å². The third-order valence-electron chi connectivity index (χ3n) is 4.91. The van der Waals surface area contributed by atoms with Crippen molar-refractivity contribution in [3.63, 3.8) is 0 Å². The minimum absolute atomic E-state index is 0.0507. The van der Waals surface area contributed by atoms with Gasteiger partial charge in [0, 0.05) is 50.7 Å². The highest BCUT2D eigenvalue weighted by atomic mass is 16.2. The molecule has 1 fully saturated rings. The maximum atomic E-state index is 12.4. The predicted molar refractivity (Wildman–Crippen MR) is 103 cm³/mol. The summed E-state index contributed by atoms with van der Waals surface area (Å²) < 4.78 is 2.01. The number of aromatic nitrogens is 2. The van der Waals surface area contributed by atoms with Gasteiger partial charge in [-0.2, -0.15) is 0 Å². The third-order valence-corrected chi connectivity index (χ3v) is 4.91. The van der Waals surface area contributed by atoms with Crippen LogP contribution in [0.3, 0.4) is 0 Å². The van der Waals surface area contributed by atoms with Gasteiger partial charge in [0.1, 0.15) is 5.82 Å². The van der Waals surface area contributed by atoms with E-state index in [1.165, 1.54) is 0 Å². The zero-order chi connectivity index (χ0) is 19.4. The smallest absolute Gasteiger partial charge is 0.225 e. The Morgan fingerprint density at radius 2 is 2.04 bits per heavy atom. The van der Waals surface area contributed by atoms with Crippen molar-refractivity contribution < 1.29 is 9.59 Å². The molecule has 144 valence electrons. The lowest BCUT2D eigenvalue weighted by molar-refractivity contribution is -0.129. The fraction of sp³-hybridized carbons (Fsp3) is 0.450. The number of benzene rings is 1. The van der Waals surface area contributed by atoms with Crippen molar-refractivity contribution in [3.8, 4) is 5.69 Å². The minimum Gasteiger partial charge on any atom is -0.352 e. The number of nitrogens with one attached hydrogen (secondary N) is 1. The van der Waals surface area contributed by atoms with Gasteiger partial charge in [-0.1, -0.05) is 12.1 Å². The van der Waals surface area contributed by atoms with Crippen molar-refractivity contribution in [2.24, 2.45) is 5.92 Å². The van der Waals surface area contributed by atoms with Crippen LogP contribution in [0.25, 0.3) is 5.69 Å². The molecule has 2 heterocycles. The first-order valence-corrected chi connectivity index (χ1v) is 9.23. The van der Waals surface area contributed by atoms with E-state index in [0.717, 1.165) is 23.6 Å². The number of aryl methyl sites for hydroxylation is 1. The summed E-state index contributed by atoms with van der Waals surface area (Å²) in [5, 5.41) is 2.97. The third kappa shape index (κ3) is 4.74. The molecule has 1 saturated heterocycles. The molecule has 1 aliphatic rings. The van der Waals surface area contributed by atoms with Gasteiger partial charge in [-0.3, -0.25) is 9.59 Å². The number of nitrogens with zero attached hydrogens (tertiary/aromatic N) is 4. The van der Waals surface area contributed by atoms with Crippen molar-refractivity contribution in [1.29, 1.82) is 0 Å². The van der Waals surface area contributed by atoms with E-state index in [1.807, 2.05) is 60.9 Å². The van der Waals surface area contributed by atoms with Crippen LogP contribution in [0.5, 0.6) is 0 Å². The number of hydrogen-bond acceptors (Lipinski definition) is 4. The first-order chi connectivity index (χ1) is 12.9. The first-order valence-electron chi connectivity index (χ1n) is 9.23. The summed E-state index contributed by atoms with van der Waals surface area (Å²) in [5.74, 6) is 0.690. The van der Waals surface area contributed by atoms with Crippen molar-refractivity contribution in [2.45, 2.75) is 19.9 Å². The van der Waals surface area contributed by atoms with Gasteiger partial charge in [0.25, 0.3) is 0 Å². The number of amides is 2. The molecule has 1 N–H and O–H groups in total. The number of imidazole rings is 1. The van der Waals surface area contributed by atoms with Crippen LogP contribution in [0.15, 0.2) is 36.7 Å². The van der Waals surface area contributed by atoms with Gasteiger partial charge in [0.15, 0.2) is 0 Å². The van der Waals surface area contributed by atoms with Crippen molar-refractivity contribution >= 4 is 11.8 Å². The zero-order valence-electron chi connectivity index (χ0n) is 16.2. The number of carbonyl (C=O) groups is 2. The van der Waals surface area contributed by atoms with E-state index in [0.29, 0.717) is 26.1 Å². The quantitative estimate of drug-likeness (QED) is 0.796. The molecule has 0 saturated carbocycles. The summed E-state index contributed by atoms with van der Waals surface area (Å²) in [6, 6.07) is 8.02. The number of carbonyl (C=O) groups excluding carboxylic acids is 2. The summed E-state index contributed by atoms with van der Waals surface area (Å²) >= 11 is 0. The van der Waals surface area contributed by atoms with Gasteiger partial charge in [-0.15, -0.1) is 0 Å². The standard InChI is InChI=1S/C20H27N5O2/c1-15-21-8-9-25(15)18-6-4-16(5-7-18)13-22-20(27)17-12-19(26)24(14-17)11-10-23(2)3/h4-9,17H,10-14H2,1-3H3,(H,22,27). The highest BCUT2D eigenvalue weighted by Crippen LogP contribution is 2.18. The molecule has 1 atom stereocenters. The second kappa shape index (κ2) is 8.35. The van der Waals surface area contributed by atoms with Crippen LogP contribution in [-0.2, 0) is 16.1 Å². The summed E-state index contributed by atoms with van der Waals surface area (Å²) in [6.07, 6.45) is 4.00. The largest absolute Gasteiger partial charge is 0.352 e. The number of rotatable bonds is 7. The SMILES string of the molecule is Cc1nccn1-c1ccc(CNC(=O)C2CC(=O)N(CCN(C)C)C2)cc1. The second-order valence-electron chi connectivity index (χ2n) is 7.27. The van der Waals surface area contributed by atoms with Crippen LogP contribution < -0.4 is 5.32 Å². The van der Waals surface area contributed by atoms with E-state index in [1.54, 1.807) is 11.1 Å². The molecule has 0 bridgehead atoms. The average Bonchev–Trinajstić information content (AvgIpc) is 3.24. The van der Waals surface area contributed by atoms with Crippen molar-refractivity contribution in [3.05, 3.63) is 48.0 Å². The van der Waals surface area contributed by atoms with Crippen LogP contribution in [0.2, 0.25) is 0 Å². The van der Waals surface area contributed by atoms with Crippen molar-refractivity contribution in [2.75, 3.05) is 33.7 Å². The molecule has 1 aliphatic heterocycles. The Labute approximate surface area is 160 Å². The number of likely N-dealkylation sites (tertiary alicyclic amines) is 1. The highest BCUT2D eigenvalue weighted by molar-refractivity contribution is 5.89. The monoisotopic (exact) mass is 369 g/mol. The zero-order valence-corrected chi connectivity index (χ0v) is 16.2. The lowest BCUT2D eigenvalue weighted by atomic mass is 10.1. The van der Waals surface area contributed by atoms with Crippen LogP contribution in [0.1, 0.15) is 17.8 Å². The van der Waals surface area contributed by atoms with E-state index in [4.69, 9.17) is 0 Å². The Kier molecular flexibility index (Phi) is 5.91. The molecular formula is C20H27N5O2. The summed E-state index contributed by atoms with van der Waals surface area (Å²) in [6.45, 7) is 4.41. The molecule has 7 heteroatoms. The second-order valence-corrected chi connectivity index (χ2v) is 7.27.